The SMILES string of the molecule is COCCNC(=O)CN1CCN=C(/C=C/c2ccc(Cl)c(Cl)c2)c2ccccc21.Cl. The molecule has 1 amide bonds. The maximum absolute atomic E-state index is 12.3. The summed E-state index contributed by atoms with van der Waals surface area (Å²) in [7, 11) is 1.61. The fourth-order valence-electron chi connectivity index (χ4n) is 3.08. The first-order valence-electron chi connectivity index (χ1n) is 9.36. The van der Waals surface area contributed by atoms with Crippen LogP contribution in [0.3, 0.4) is 0 Å². The van der Waals surface area contributed by atoms with Crippen molar-refractivity contribution in [3.8, 4) is 0 Å². The lowest BCUT2D eigenvalue weighted by Crippen LogP contribution is -2.39. The van der Waals surface area contributed by atoms with Gasteiger partial charge in [0, 0.05) is 31.5 Å². The number of ether oxygens (including phenoxy) is 1. The normalized spacial score (nSPS) is 13.3. The molecule has 0 atom stereocenters. The number of hydrogen-bond acceptors (Lipinski definition) is 4. The van der Waals surface area contributed by atoms with E-state index < -0.39 is 0 Å². The van der Waals surface area contributed by atoms with Crippen LogP contribution in [-0.2, 0) is 9.53 Å². The number of carbonyl (C=O) groups excluding carboxylic acids is 1. The monoisotopic (exact) mass is 467 g/mol. The van der Waals surface area contributed by atoms with Gasteiger partial charge >= 0.3 is 0 Å². The summed E-state index contributed by atoms with van der Waals surface area (Å²) in [6.45, 7) is 2.54. The van der Waals surface area contributed by atoms with Gasteiger partial charge in [0.1, 0.15) is 0 Å². The molecule has 2 aromatic carbocycles. The van der Waals surface area contributed by atoms with Gasteiger partial charge in [0.05, 0.1) is 35.5 Å². The van der Waals surface area contributed by atoms with E-state index >= 15 is 0 Å². The molecule has 160 valence electrons. The summed E-state index contributed by atoms with van der Waals surface area (Å²) < 4.78 is 4.98. The number of nitrogens with zero attached hydrogens (tertiary/aromatic N) is 2. The van der Waals surface area contributed by atoms with Crippen LogP contribution in [0.2, 0.25) is 10.0 Å². The fourth-order valence-corrected chi connectivity index (χ4v) is 3.39. The molecule has 5 nitrogen and oxygen atoms in total. The van der Waals surface area contributed by atoms with E-state index in [1.165, 1.54) is 0 Å². The Morgan fingerprint density at radius 3 is 2.77 bits per heavy atom. The summed E-state index contributed by atoms with van der Waals surface area (Å²) in [6, 6.07) is 13.5. The lowest BCUT2D eigenvalue weighted by atomic mass is 10.1. The van der Waals surface area contributed by atoms with E-state index in [4.69, 9.17) is 32.9 Å². The van der Waals surface area contributed by atoms with Gasteiger partial charge < -0.3 is 15.0 Å². The number of aliphatic imine (C=N–C) groups is 1. The highest BCUT2D eigenvalue weighted by Gasteiger charge is 2.19. The minimum absolute atomic E-state index is 0. The predicted octanol–water partition coefficient (Wildman–Crippen LogP) is 4.50. The topological polar surface area (TPSA) is 53.9 Å². The van der Waals surface area contributed by atoms with Gasteiger partial charge in [-0.25, -0.2) is 0 Å². The minimum atomic E-state index is -0.0355. The number of methoxy groups -OCH3 is 1. The molecule has 2 aromatic rings. The number of rotatable bonds is 7. The second-order valence-electron chi connectivity index (χ2n) is 6.56. The van der Waals surface area contributed by atoms with Crippen molar-refractivity contribution in [1.82, 2.24) is 5.32 Å². The number of fused-ring (bicyclic) bond motifs is 1. The Balaban J connectivity index is 0.00000320. The molecule has 8 heteroatoms. The van der Waals surface area contributed by atoms with Crippen LogP contribution in [0.5, 0.6) is 0 Å². The molecule has 0 spiro atoms. The summed E-state index contributed by atoms with van der Waals surface area (Å²) >= 11 is 12.1. The number of para-hydroxylation sites is 1. The molecule has 30 heavy (non-hydrogen) atoms. The van der Waals surface area contributed by atoms with E-state index in [1.807, 2.05) is 48.6 Å². The first-order valence-corrected chi connectivity index (χ1v) is 10.1. The van der Waals surface area contributed by atoms with Crippen molar-refractivity contribution < 1.29 is 9.53 Å². The van der Waals surface area contributed by atoms with Gasteiger partial charge in [-0.05, 0) is 29.8 Å². The van der Waals surface area contributed by atoms with Crippen molar-refractivity contribution in [1.29, 1.82) is 0 Å². The van der Waals surface area contributed by atoms with Gasteiger partial charge in [-0.1, -0.05) is 53.5 Å². The molecule has 0 unspecified atom stereocenters. The molecule has 0 aromatic heterocycles. The van der Waals surface area contributed by atoms with Gasteiger partial charge in [-0.3, -0.25) is 9.79 Å². The lowest BCUT2D eigenvalue weighted by Gasteiger charge is -2.24. The average molecular weight is 469 g/mol. The van der Waals surface area contributed by atoms with E-state index in [0.29, 0.717) is 36.3 Å². The highest BCUT2D eigenvalue weighted by Crippen LogP contribution is 2.26. The van der Waals surface area contributed by atoms with Crippen LogP contribution in [0.25, 0.3) is 6.08 Å². The molecule has 0 saturated heterocycles. The smallest absolute Gasteiger partial charge is 0.239 e. The number of nitrogens with one attached hydrogen (secondary N) is 1. The highest BCUT2D eigenvalue weighted by molar-refractivity contribution is 6.42. The molecule has 0 bridgehead atoms. The Morgan fingerprint density at radius 1 is 1.20 bits per heavy atom. The maximum Gasteiger partial charge on any atom is 0.239 e. The molecule has 1 N–H and O–H groups in total. The van der Waals surface area contributed by atoms with Crippen LogP contribution in [0.15, 0.2) is 53.5 Å². The van der Waals surface area contributed by atoms with E-state index in [2.05, 4.69) is 10.2 Å². The number of halogens is 3. The molecule has 1 aliphatic rings. The molecule has 0 fully saturated rings. The van der Waals surface area contributed by atoms with E-state index in [0.717, 1.165) is 22.5 Å². The number of carbonyl (C=O) groups is 1. The molecule has 3 rings (SSSR count). The maximum atomic E-state index is 12.3. The van der Waals surface area contributed by atoms with Crippen molar-refractivity contribution in [2.75, 3.05) is 44.8 Å². The Hall–Kier alpha value is -2.05. The second kappa shape index (κ2) is 12.0. The van der Waals surface area contributed by atoms with E-state index in [9.17, 15) is 4.79 Å². The first kappa shape index (κ1) is 24.2. The van der Waals surface area contributed by atoms with Crippen LogP contribution < -0.4 is 10.2 Å². The molecule has 1 heterocycles. The standard InChI is InChI=1S/C22H23Cl2N3O2.ClH/c1-29-13-11-26-22(28)15-27-12-10-25-20(17-4-2-3-5-21(17)27)9-7-16-6-8-18(23)19(24)14-16;/h2-9,14H,10-13,15H2,1H3,(H,26,28);1H/b9-7+;. The van der Waals surface area contributed by atoms with E-state index in [1.54, 1.807) is 13.2 Å². The molecule has 1 aliphatic heterocycles. The lowest BCUT2D eigenvalue weighted by molar-refractivity contribution is -0.119. The second-order valence-corrected chi connectivity index (χ2v) is 7.37. The van der Waals surface area contributed by atoms with Gasteiger partial charge in [-0.2, -0.15) is 0 Å². The number of hydrogen-bond donors (Lipinski definition) is 1. The summed E-state index contributed by atoms with van der Waals surface area (Å²) in [4.78, 5) is 19.1. The Morgan fingerprint density at radius 2 is 2.00 bits per heavy atom. The largest absolute Gasteiger partial charge is 0.383 e. The molecule has 0 radical (unpaired) electrons. The van der Waals surface area contributed by atoms with Gasteiger partial charge in [0.25, 0.3) is 0 Å². The molecular weight excluding hydrogens is 445 g/mol. The number of anilines is 1. The highest BCUT2D eigenvalue weighted by atomic mass is 35.5. The molecule has 0 aliphatic carbocycles. The first-order chi connectivity index (χ1) is 14.1. The third kappa shape index (κ3) is 6.47. The van der Waals surface area contributed by atoms with Crippen LogP contribution in [0, 0.1) is 0 Å². The van der Waals surface area contributed by atoms with Crippen LogP contribution in [-0.4, -0.2) is 51.5 Å². The van der Waals surface area contributed by atoms with Crippen molar-refractivity contribution in [3.63, 3.8) is 0 Å². The molecular formula is C22H24Cl3N3O2. The predicted molar refractivity (Wildman–Crippen MR) is 128 cm³/mol. The summed E-state index contributed by atoms with van der Waals surface area (Å²) in [6.07, 6.45) is 3.94. The number of benzene rings is 2. The number of benzodiazepines with no additional fused rings is 1. The third-order valence-electron chi connectivity index (χ3n) is 4.51. The Kier molecular flexibility index (Phi) is 9.66. The van der Waals surface area contributed by atoms with Crippen LogP contribution in [0.1, 0.15) is 11.1 Å². The minimum Gasteiger partial charge on any atom is -0.383 e. The number of allylic oxidation sites excluding steroid dienone is 1. The number of amides is 1. The summed E-state index contributed by atoms with van der Waals surface area (Å²) in [5.74, 6) is -0.0355. The molecule has 0 saturated carbocycles. The van der Waals surface area contributed by atoms with E-state index in [-0.39, 0.29) is 24.9 Å². The van der Waals surface area contributed by atoms with Crippen molar-refractivity contribution in [2.24, 2.45) is 4.99 Å². The quantitative estimate of drug-likeness (QED) is 0.609. The average Bonchev–Trinajstić information content (AvgIpc) is 2.89. The van der Waals surface area contributed by atoms with Crippen molar-refractivity contribution >= 4 is 59.0 Å². The van der Waals surface area contributed by atoms with Gasteiger partial charge in [-0.15, -0.1) is 12.4 Å². The van der Waals surface area contributed by atoms with Gasteiger partial charge in [0.15, 0.2) is 0 Å². The zero-order valence-electron chi connectivity index (χ0n) is 16.6. The van der Waals surface area contributed by atoms with Crippen molar-refractivity contribution in [2.45, 2.75) is 0 Å². The van der Waals surface area contributed by atoms with Gasteiger partial charge in [0.2, 0.25) is 5.91 Å². The summed E-state index contributed by atoms with van der Waals surface area (Å²) in [5, 5.41) is 3.91. The van der Waals surface area contributed by atoms with Crippen LogP contribution >= 0.6 is 35.6 Å². The van der Waals surface area contributed by atoms with Crippen molar-refractivity contribution in [3.05, 3.63) is 69.7 Å². The fraction of sp³-hybridized carbons (Fsp3) is 0.273. The zero-order chi connectivity index (χ0) is 20.6. The summed E-state index contributed by atoms with van der Waals surface area (Å²) in [5.41, 5.74) is 3.79. The third-order valence-corrected chi connectivity index (χ3v) is 5.25. The van der Waals surface area contributed by atoms with Crippen LogP contribution in [0.4, 0.5) is 5.69 Å². The zero-order valence-corrected chi connectivity index (χ0v) is 18.9. The Labute approximate surface area is 193 Å². The Bertz CT molecular complexity index is 932.